The standard InChI is InChI=1S/C16H15N3O2/c20-14-8-4-1-5-11(14)9-10-17-16(21)15-12-6-2-3-7-13(12)18-19-15/h1-8,20H,9-10H2,(H,17,21)(H,18,19). The van der Waals surface area contributed by atoms with E-state index in [2.05, 4.69) is 15.5 Å². The number of aromatic hydroxyl groups is 1. The predicted molar refractivity (Wildman–Crippen MR) is 80.2 cm³/mol. The summed E-state index contributed by atoms with van der Waals surface area (Å²) in [4.78, 5) is 12.1. The third kappa shape index (κ3) is 2.72. The quantitative estimate of drug-likeness (QED) is 0.686. The summed E-state index contributed by atoms with van der Waals surface area (Å²) in [5, 5.41) is 20.2. The Kier molecular flexibility index (Phi) is 3.55. The van der Waals surface area contributed by atoms with E-state index in [-0.39, 0.29) is 11.7 Å². The Morgan fingerprint density at radius 1 is 1.14 bits per heavy atom. The molecule has 3 rings (SSSR count). The van der Waals surface area contributed by atoms with Gasteiger partial charge >= 0.3 is 0 Å². The van der Waals surface area contributed by atoms with E-state index < -0.39 is 0 Å². The molecule has 0 saturated heterocycles. The van der Waals surface area contributed by atoms with Gasteiger partial charge in [0, 0.05) is 11.9 Å². The van der Waals surface area contributed by atoms with E-state index in [9.17, 15) is 9.90 Å². The maximum Gasteiger partial charge on any atom is 0.272 e. The van der Waals surface area contributed by atoms with Crippen molar-refractivity contribution in [3.63, 3.8) is 0 Å². The van der Waals surface area contributed by atoms with Gasteiger partial charge in [0.15, 0.2) is 5.69 Å². The number of hydrogen-bond acceptors (Lipinski definition) is 3. The van der Waals surface area contributed by atoms with Gasteiger partial charge in [-0.15, -0.1) is 0 Å². The molecule has 0 bridgehead atoms. The molecule has 5 nitrogen and oxygen atoms in total. The van der Waals surface area contributed by atoms with Gasteiger partial charge in [-0.25, -0.2) is 0 Å². The highest BCUT2D eigenvalue weighted by atomic mass is 16.3. The highest BCUT2D eigenvalue weighted by Crippen LogP contribution is 2.16. The summed E-state index contributed by atoms with van der Waals surface area (Å²) < 4.78 is 0. The van der Waals surface area contributed by atoms with Crippen molar-refractivity contribution >= 4 is 16.8 Å². The number of rotatable bonds is 4. The van der Waals surface area contributed by atoms with Gasteiger partial charge in [0.1, 0.15) is 5.75 Å². The van der Waals surface area contributed by atoms with Crippen LogP contribution in [0.1, 0.15) is 16.1 Å². The number of nitrogens with zero attached hydrogens (tertiary/aromatic N) is 1. The zero-order valence-electron chi connectivity index (χ0n) is 11.3. The number of aromatic nitrogens is 2. The number of benzene rings is 2. The lowest BCUT2D eigenvalue weighted by molar-refractivity contribution is 0.0950. The summed E-state index contributed by atoms with van der Waals surface area (Å²) in [7, 11) is 0. The van der Waals surface area contributed by atoms with E-state index >= 15 is 0 Å². The number of phenols is 1. The molecule has 0 fully saturated rings. The van der Waals surface area contributed by atoms with Gasteiger partial charge < -0.3 is 10.4 Å². The third-order valence-corrected chi connectivity index (χ3v) is 3.36. The lowest BCUT2D eigenvalue weighted by atomic mass is 10.1. The molecule has 1 heterocycles. The molecule has 0 atom stereocenters. The molecular weight excluding hydrogens is 266 g/mol. The van der Waals surface area contributed by atoms with Crippen LogP contribution in [0.25, 0.3) is 10.9 Å². The van der Waals surface area contributed by atoms with Crippen LogP contribution in [0, 0.1) is 0 Å². The molecule has 5 heteroatoms. The van der Waals surface area contributed by atoms with E-state index in [0.717, 1.165) is 16.5 Å². The molecule has 0 radical (unpaired) electrons. The molecule has 2 aromatic carbocycles. The van der Waals surface area contributed by atoms with Crippen LogP contribution in [0.3, 0.4) is 0 Å². The first-order chi connectivity index (χ1) is 10.3. The van der Waals surface area contributed by atoms with Crippen molar-refractivity contribution in [3.05, 3.63) is 59.8 Å². The molecule has 0 aliphatic heterocycles. The molecule has 21 heavy (non-hydrogen) atoms. The minimum absolute atomic E-state index is 0.220. The Balaban J connectivity index is 1.66. The number of carbonyl (C=O) groups excluding carboxylic acids is 1. The van der Waals surface area contributed by atoms with E-state index in [0.29, 0.717) is 18.7 Å². The van der Waals surface area contributed by atoms with Crippen molar-refractivity contribution in [2.75, 3.05) is 6.54 Å². The number of phenolic OH excluding ortho intramolecular Hbond substituents is 1. The van der Waals surface area contributed by atoms with Crippen molar-refractivity contribution < 1.29 is 9.90 Å². The Morgan fingerprint density at radius 2 is 1.90 bits per heavy atom. The summed E-state index contributed by atoms with van der Waals surface area (Å²) in [6, 6.07) is 14.6. The van der Waals surface area contributed by atoms with Crippen molar-refractivity contribution in [2.24, 2.45) is 0 Å². The van der Waals surface area contributed by atoms with E-state index in [4.69, 9.17) is 0 Å². The summed E-state index contributed by atoms with van der Waals surface area (Å²) in [5.41, 5.74) is 2.04. The number of hydrogen-bond donors (Lipinski definition) is 3. The maximum atomic E-state index is 12.1. The van der Waals surface area contributed by atoms with Gasteiger partial charge in [-0.1, -0.05) is 36.4 Å². The average Bonchev–Trinajstić information content (AvgIpc) is 2.93. The van der Waals surface area contributed by atoms with Crippen LogP contribution in [0.5, 0.6) is 5.75 Å². The first-order valence-corrected chi connectivity index (χ1v) is 6.74. The lowest BCUT2D eigenvalue weighted by Crippen LogP contribution is -2.26. The van der Waals surface area contributed by atoms with E-state index in [1.807, 2.05) is 36.4 Å². The Hall–Kier alpha value is -2.82. The van der Waals surface area contributed by atoms with Gasteiger partial charge in [-0.3, -0.25) is 9.89 Å². The fraction of sp³-hybridized carbons (Fsp3) is 0.125. The van der Waals surface area contributed by atoms with Crippen LogP contribution in [0.4, 0.5) is 0 Å². The van der Waals surface area contributed by atoms with Crippen molar-refractivity contribution in [1.82, 2.24) is 15.5 Å². The zero-order valence-corrected chi connectivity index (χ0v) is 11.3. The number of amides is 1. The number of carbonyl (C=O) groups is 1. The maximum absolute atomic E-state index is 12.1. The van der Waals surface area contributed by atoms with Crippen LogP contribution in [0.2, 0.25) is 0 Å². The topological polar surface area (TPSA) is 78.0 Å². The predicted octanol–water partition coefficient (Wildman–Crippen LogP) is 2.24. The van der Waals surface area contributed by atoms with Crippen LogP contribution in [0.15, 0.2) is 48.5 Å². The second-order valence-electron chi connectivity index (χ2n) is 4.75. The fourth-order valence-electron chi connectivity index (χ4n) is 2.25. The fourth-order valence-corrected chi connectivity index (χ4v) is 2.25. The molecule has 0 aliphatic rings. The summed E-state index contributed by atoms with van der Waals surface area (Å²) in [6.45, 7) is 0.442. The highest BCUT2D eigenvalue weighted by Gasteiger charge is 2.13. The first-order valence-electron chi connectivity index (χ1n) is 6.74. The van der Waals surface area contributed by atoms with Gasteiger partial charge in [0.05, 0.1) is 5.52 Å². The number of H-pyrrole nitrogens is 1. The molecule has 0 aliphatic carbocycles. The molecule has 1 amide bonds. The summed E-state index contributed by atoms with van der Waals surface area (Å²) in [6.07, 6.45) is 0.570. The van der Waals surface area contributed by atoms with Crippen LogP contribution < -0.4 is 5.32 Å². The molecule has 106 valence electrons. The Bertz CT molecular complexity index is 780. The molecule has 1 aromatic heterocycles. The summed E-state index contributed by atoms with van der Waals surface area (Å²) in [5.74, 6) is 0.0276. The number of fused-ring (bicyclic) bond motifs is 1. The van der Waals surface area contributed by atoms with Crippen LogP contribution in [-0.4, -0.2) is 27.8 Å². The SMILES string of the molecule is O=C(NCCc1ccccc1O)c1n[nH]c2ccccc12. The van der Waals surface area contributed by atoms with Gasteiger partial charge in [-0.2, -0.15) is 5.10 Å². The van der Waals surface area contributed by atoms with E-state index in [1.54, 1.807) is 12.1 Å². The molecule has 0 saturated carbocycles. The van der Waals surface area contributed by atoms with Crippen molar-refractivity contribution in [3.8, 4) is 5.75 Å². The summed E-state index contributed by atoms with van der Waals surface area (Å²) >= 11 is 0. The second-order valence-corrected chi connectivity index (χ2v) is 4.75. The number of aromatic amines is 1. The highest BCUT2D eigenvalue weighted by molar-refractivity contribution is 6.04. The zero-order chi connectivity index (χ0) is 14.7. The van der Waals surface area contributed by atoms with Gasteiger partial charge in [0.25, 0.3) is 5.91 Å². The van der Waals surface area contributed by atoms with E-state index in [1.165, 1.54) is 0 Å². The monoisotopic (exact) mass is 281 g/mol. The lowest BCUT2D eigenvalue weighted by Gasteiger charge is -2.05. The normalized spacial score (nSPS) is 10.7. The average molecular weight is 281 g/mol. The van der Waals surface area contributed by atoms with Crippen molar-refractivity contribution in [2.45, 2.75) is 6.42 Å². The Labute approximate surface area is 121 Å². The second kappa shape index (κ2) is 5.66. The van der Waals surface area contributed by atoms with Crippen LogP contribution >= 0.6 is 0 Å². The minimum Gasteiger partial charge on any atom is -0.508 e. The first kappa shape index (κ1) is 13.2. The molecule has 3 aromatic rings. The van der Waals surface area contributed by atoms with Gasteiger partial charge in [-0.05, 0) is 24.1 Å². The van der Waals surface area contributed by atoms with Gasteiger partial charge in [0.2, 0.25) is 0 Å². The molecule has 3 N–H and O–H groups in total. The number of nitrogens with one attached hydrogen (secondary N) is 2. The molecule has 0 spiro atoms. The minimum atomic E-state index is -0.220. The Morgan fingerprint density at radius 3 is 2.76 bits per heavy atom. The molecule has 0 unspecified atom stereocenters. The largest absolute Gasteiger partial charge is 0.508 e. The van der Waals surface area contributed by atoms with Crippen molar-refractivity contribution in [1.29, 1.82) is 0 Å². The molecular formula is C16H15N3O2. The third-order valence-electron chi connectivity index (χ3n) is 3.36. The smallest absolute Gasteiger partial charge is 0.272 e. The van der Waals surface area contributed by atoms with Crippen LogP contribution in [-0.2, 0) is 6.42 Å². The number of para-hydroxylation sites is 2.